The Kier molecular flexibility index (Phi) is 6.32. The fourth-order valence-corrected chi connectivity index (χ4v) is 2.34. The zero-order valence-electron chi connectivity index (χ0n) is 13.7. The molecule has 122 valence electrons. The molecule has 0 bridgehead atoms. The van der Waals surface area contributed by atoms with Gasteiger partial charge in [-0.2, -0.15) is 0 Å². The first-order chi connectivity index (χ1) is 11.1. The summed E-state index contributed by atoms with van der Waals surface area (Å²) in [5, 5.41) is 3.23. The van der Waals surface area contributed by atoms with Crippen LogP contribution in [0.4, 0.5) is 0 Å². The second-order valence-corrected chi connectivity index (χ2v) is 5.81. The third-order valence-electron chi connectivity index (χ3n) is 3.50. The van der Waals surface area contributed by atoms with Crippen molar-refractivity contribution in [1.29, 1.82) is 0 Å². The van der Waals surface area contributed by atoms with Crippen LogP contribution in [0.5, 0.6) is 0 Å². The van der Waals surface area contributed by atoms with Gasteiger partial charge in [0.25, 0.3) is 0 Å². The van der Waals surface area contributed by atoms with Gasteiger partial charge in [0.15, 0.2) is 0 Å². The molecule has 4 heteroatoms. The summed E-state index contributed by atoms with van der Waals surface area (Å²) in [7, 11) is 0. The number of nitrogens with one attached hydrogen (secondary N) is 1. The Hall–Kier alpha value is -2.17. The van der Waals surface area contributed by atoms with Crippen molar-refractivity contribution in [3.05, 3.63) is 71.3 Å². The van der Waals surface area contributed by atoms with Gasteiger partial charge < -0.3 is 10.5 Å². The highest BCUT2D eigenvalue weighted by atomic mass is 16.5. The van der Waals surface area contributed by atoms with Gasteiger partial charge in [-0.05, 0) is 30.5 Å². The average Bonchev–Trinajstić information content (AvgIpc) is 2.54. The van der Waals surface area contributed by atoms with E-state index in [2.05, 4.69) is 11.4 Å². The van der Waals surface area contributed by atoms with Crippen molar-refractivity contribution >= 4 is 5.91 Å². The summed E-state index contributed by atoms with van der Waals surface area (Å²) in [5.74, 6) is -0.379. The van der Waals surface area contributed by atoms with E-state index >= 15 is 0 Å². The lowest BCUT2D eigenvalue weighted by atomic mass is 10.1. The Bertz CT molecular complexity index is 626. The first kappa shape index (κ1) is 17.2. The predicted octanol–water partition coefficient (Wildman–Crippen LogP) is 2.93. The Balaban J connectivity index is 2.01. The molecule has 0 aliphatic rings. The number of nitrogens with two attached hydrogens (primary N) is 1. The second-order valence-electron chi connectivity index (χ2n) is 5.81. The van der Waals surface area contributed by atoms with Gasteiger partial charge in [-0.15, -0.1) is 0 Å². The lowest BCUT2D eigenvalue weighted by Crippen LogP contribution is -2.33. The van der Waals surface area contributed by atoms with Crippen molar-refractivity contribution < 1.29 is 9.53 Å². The highest BCUT2D eigenvalue weighted by molar-refractivity contribution is 5.81. The molecule has 4 nitrogen and oxygen atoms in total. The van der Waals surface area contributed by atoms with Gasteiger partial charge in [0.1, 0.15) is 6.04 Å². The molecule has 0 saturated heterocycles. The van der Waals surface area contributed by atoms with E-state index in [0.29, 0.717) is 13.2 Å². The average molecular weight is 312 g/mol. The Morgan fingerprint density at radius 2 is 1.78 bits per heavy atom. The van der Waals surface area contributed by atoms with Crippen molar-refractivity contribution in [2.24, 2.45) is 5.73 Å². The maximum Gasteiger partial charge on any atom is 0.239 e. The lowest BCUT2D eigenvalue weighted by molar-refractivity contribution is -0.120. The summed E-state index contributed by atoms with van der Waals surface area (Å²) < 4.78 is 5.62. The fourth-order valence-electron chi connectivity index (χ4n) is 2.34. The minimum atomic E-state index is -0.494. The Morgan fingerprint density at radius 1 is 1.09 bits per heavy atom. The minimum absolute atomic E-state index is 0.203. The molecule has 0 aromatic heterocycles. The van der Waals surface area contributed by atoms with E-state index in [9.17, 15) is 4.79 Å². The molecule has 0 heterocycles. The van der Waals surface area contributed by atoms with Gasteiger partial charge in [-0.25, -0.2) is 0 Å². The van der Waals surface area contributed by atoms with E-state index in [-0.39, 0.29) is 12.0 Å². The van der Waals surface area contributed by atoms with E-state index in [4.69, 9.17) is 10.5 Å². The summed E-state index contributed by atoms with van der Waals surface area (Å²) >= 11 is 0. The normalized spacial score (nSPS) is 12.3. The number of carbonyl (C=O) groups excluding carboxylic acids is 1. The van der Waals surface area contributed by atoms with Gasteiger partial charge in [-0.3, -0.25) is 10.1 Å². The maximum atomic E-state index is 11.7. The van der Waals surface area contributed by atoms with Crippen molar-refractivity contribution in [1.82, 2.24) is 5.32 Å². The molecule has 0 aliphatic carbocycles. The summed E-state index contributed by atoms with van der Waals surface area (Å²) in [6, 6.07) is 17.2. The summed E-state index contributed by atoms with van der Waals surface area (Å²) in [4.78, 5) is 11.7. The molecule has 2 aromatic carbocycles. The number of rotatable bonds is 8. The van der Waals surface area contributed by atoms with Crippen LogP contribution in [0.2, 0.25) is 0 Å². The van der Waals surface area contributed by atoms with Crippen LogP contribution >= 0.6 is 0 Å². The summed E-state index contributed by atoms with van der Waals surface area (Å²) in [6.07, 6.45) is 0.203. The first-order valence-electron chi connectivity index (χ1n) is 7.83. The van der Waals surface area contributed by atoms with Crippen LogP contribution in [-0.2, 0) is 22.7 Å². The van der Waals surface area contributed by atoms with Gasteiger partial charge in [0.05, 0.1) is 12.7 Å². The highest BCUT2D eigenvalue weighted by Gasteiger charge is 2.16. The molecule has 0 spiro atoms. The number of hydrogen-bond acceptors (Lipinski definition) is 3. The summed E-state index contributed by atoms with van der Waals surface area (Å²) in [6.45, 7) is 5.19. The molecular formula is C19H24N2O2. The molecule has 3 N–H and O–H groups in total. The molecule has 23 heavy (non-hydrogen) atoms. The Labute approximate surface area is 137 Å². The van der Waals surface area contributed by atoms with Crippen LogP contribution in [0.3, 0.4) is 0 Å². The van der Waals surface area contributed by atoms with E-state index in [1.54, 1.807) is 0 Å². The molecule has 1 atom stereocenters. The molecule has 0 saturated carbocycles. The minimum Gasteiger partial charge on any atom is -0.374 e. The highest BCUT2D eigenvalue weighted by Crippen LogP contribution is 2.14. The van der Waals surface area contributed by atoms with Crippen LogP contribution in [0.25, 0.3) is 0 Å². The first-order valence-corrected chi connectivity index (χ1v) is 7.83. The van der Waals surface area contributed by atoms with Crippen LogP contribution in [0.15, 0.2) is 54.6 Å². The molecule has 0 fully saturated rings. The van der Waals surface area contributed by atoms with Crippen molar-refractivity contribution in [3.63, 3.8) is 0 Å². The SMILES string of the molecule is CC(C)OCc1cccc(CNC(C(N)=O)c2ccccc2)c1. The van der Waals surface area contributed by atoms with Crippen LogP contribution in [0.1, 0.15) is 36.6 Å². The largest absolute Gasteiger partial charge is 0.374 e. The number of primary amides is 1. The van der Waals surface area contributed by atoms with Crippen LogP contribution in [-0.4, -0.2) is 12.0 Å². The quantitative estimate of drug-likeness (QED) is 0.787. The van der Waals surface area contributed by atoms with E-state index in [0.717, 1.165) is 16.7 Å². The third-order valence-corrected chi connectivity index (χ3v) is 3.50. The predicted molar refractivity (Wildman–Crippen MR) is 91.6 cm³/mol. The standard InChI is InChI=1S/C19H24N2O2/c1-14(2)23-13-16-8-6-7-15(11-16)12-21-18(19(20)22)17-9-4-3-5-10-17/h3-11,14,18,21H,12-13H2,1-2H3,(H2,20,22). The van der Waals surface area contributed by atoms with Gasteiger partial charge in [0.2, 0.25) is 5.91 Å². The smallest absolute Gasteiger partial charge is 0.239 e. The third kappa shape index (κ3) is 5.51. The zero-order chi connectivity index (χ0) is 16.7. The van der Waals surface area contributed by atoms with Crippen molar-refractivity contribution in [2.45, 2.75) is 39.1 Å². The molecule has 0 radical (unpaired) electrons. The molecule has 0 aliphatic heterocycles. The van der Waals surface area contributed by atoms with Crippen molar-refractivity contribution in [2.75, 3.05) is 0 Å². The van der Waals surface area contributed by atoms with Gasteiger partial charge in [-0.1, -0.05) is 54.6 Å². The van der Waals surface area contributed by atoms with E-state index < -0.39 is 6.04 Å². The molecule has 2 aromatic rings. The number of hydrogen-bond donors (Lipinski definition) is 2. The van der Waals surface area contributed by atoms with E-state index in [1.165, 1.54) is 0 Å². The van der Waals surface area contributed by atoms with Crippen LogP contribution < -0.4 is 11.1 Å². The number of benzene rings is 2. The van der Waals surface area contributed by atoms with E-state index in [1.807, 2.05) is 62.4 Å². The zero-order valence-corrected chi connectivity index (χ0v) is 13.7. The molecule has 2 rings (SSSR count). The monoisotopic (exact) mass is 312 g/mol. The van der Waals surface area contributed by atoms with Crippen molar-refractivity contribution in [3.8, 4) is 0 Å². The molecule has 1 amide bonds. The second kappa shape index (κ2) is 8.46. The number of ether oxygens (including phenoxy) is 1. The summed E-state index contributed by atoms with van der Waals surface area (Å²) in [5.41, 5.74) is 8.61. The fraction of sp³-hybridized carbons (Fsp3) is 0.316. The van der Waals surface area contributed by atoms with Gasteiger partial charge in [0, 0.05) is 6.54 Å². The van der Waals surface area contributed by atoms with Gasteiger partial charge >= 0.3 is 0 Å². The Morgan fingerprint density at radius 3 is 2.43 bits per heavy atom. The van der Waals surface area contributed by atoms with Crippen LogP contribution in [0, 0.1) is 0 Å². The number of amides is 1. The molecular weight excluding hydrogens is 288 g/mol. The maximum absolute atomic E-state index is 11.7. The lowest BCUT2D eigenvalue weighted by Gasteiger charge is -2.16. The molecule has 1 unspecified atom stereocenters. The number of carbonyl (C=O) groups is 1. The topological polar surface area (TPSA) is 64.3 Å².